The van der Waals surface area contributed by atoms with Crippen LogP contribution in [0.1, 0.15) is 53.3 Å². The Balaban J connectivity index is 1.58. The molecule has 6 rings (SSSR count). The van der Waals surface area contributed by atoms with Crippen molar-refractivity contribution >= 4 is 22.6 Å². The molecule has 38 heavy (non-hydrogen) atoms. The van der Waals surface area contributed by atoms with Crippen molar-refractivity contribution in [3.05, 3.63) is 112 Å². The molecule has 0 unspecified atom stereocenters. The lowest BCUT2D eigenvalue weighted by atomic mass is 9.98. The molecule has 1 saturated carbocycles. The Morgan fingerprint density at radius 2 is 1.66 bits per heavy atom. The Morgan fingerprint density at radius 3 is 2.32 bits per heavy atom. The zero-order valence-corrected chi connectivity index (χ0v) is 20.9. The third-order valence-electron chi connectivity index (χ3n) is 7.55. The van der Waals surface area contributed by atoms with Crippen LogP contribution in [0.4, 0.5) is 4.39 Å². The van der Waals surface area contributed by atoms with Crippen LogP contribution in [0.2, 0.25) is 0 Å². The molecule has 1 atom stereocenters. The van der Waals surface area contributed by atoms with E-state index in [0.29, 0.717) is 30.3 Å². The number of halogens is 1. The summed E-state index contributed by atoms with van der Waals surface area (Å²) >= 11 is 0. The first kappa shape index (κ1) is 24.1. The van der Waals surface area contributed by atoms with Gasteiger partial charge in [0.25, 0.3) is 11.5 Å². The quantitative estimate of drug-likeness (QED) is 0.375. The van der Waals surface area contributed by atoms with Gasteiger partial charge in [0.15, 0.2) is 0 Å². The highest BCUT2D eigenvalue weighted by molar-refractivity contribution is 6.08. The monoisotopic (exact) mass is 509 g/mol. The van der Waals surface area contributed by atoms with E-state index in [4.69, 9.17) is 0 Å². The largest absolute Gasteiger partial charge is 0.345 e. The van der Waals surface area contributed by atoms with Gasteiger partial charge >= 0.3 is 0 Å². The molecule has 0 bridgehead atoms. The molecular formula is C31H28FN3O3. The maximum atomic E-state index is 15.2. The number of aromatic nitrogens is 1. The van der Waals surface area contributed by atoms with Crippen LogP contribution in [0.5, 0.6) is 0 Å². The number of carbonyl (C=O) groups excluding carboxylic acids is 2. The Bertz CT molecular complexity index is 1580. The second kappa shape index (κ2) is 9.89. The summed E-state index contributed by atoms with van der Waals surface area (Å²) in [6, 6.07) is 22.9. The summed E-state index contributed by atoms with van der Waals surface area (Å²) in [6.07, 6.45) is 3.16. The summed E-state index contributed by atoms with van der Waals surface area (Å²) in [5.41, 5.74) is 1.58. The van der Waals surface area contributed by atoms with Crippen LogP contribution >= 0.6 is 0 Å². The number of nitrogens with one attached hydrogen (secondary N) is 1. The third-order valence-corrected chi connectivity index (χ3v) is 7.55. The number of hydrogen-bond donors (Lipinski definition) is 1. The summed E-state index contributed by atoms with van der Waals surface area (Å²) in [6.45, 7) is 0.621. The standard InChI is InChI=1S/C31H28FN3O3/c32-24-14-7-13-23-27(24)31(38)35(22-11-5-2-6-12-22)25(19-34-18-8-15-26(34)36)28(23)30(37)33-29(21-16-17-21)20-9-3-1-4-10-20/h1-7,9-14,21,29H,8,15-19H2,(H,33,37)/t29-/m1/s1. The fraction of sp³-hybridized carbons (Fsp3) is 0.258. The molecular weight excluding hydrogens is 481 g/mol. The van der Waals surface area contributed by atoms with Gasteiger partial charge in [-0.2, -0.15) is 0 Å². The van der Waals surface area contributed by atoms with Gasteiger partial charge in [-0.3, -0.25) is 19.0 Å². The number of nitrogens with zero attached hydrogens (tertiary/aromatic N) is 2. The zero-order chi connectivity index (χ0) is 26.2. The average Bonchev–Trinajstić information content (AvgIpc) is 3.70. The molecule has 2 heterocycles. The van der Waals surface area contributed by atoms with E-state index in [1.807, 2.05) is 36.4 Å². The number of likely N-dealkylation sites (tertiary alicyclic amines) is 1. The Kier molecular flexibility index (Phi) is 6.27. The number of amides is 2. The molecule has 6 nitrogen and oxygen atoms in total. The van der Waals surface area contributed by atoms with E-state index in [1.165, 1.54) is 16.7 Å². The molecule has 1 aliphatic carbocycles. The van der Waals surface area contributed by atoms with Crippen molar-refractivity contribution in [2.45, 2.75) is 38.3 Å². The summed E-state index contributed by atoms with van der Waals surface area (Å²) in [7, 11) is 0. The molecule has 0 spiro atoms. The normalized spacial score (nSPS) is 16.1. The van der Waals surface area contributed by atoms with Crippen LogP contribution in [0, 0.1) is 11.7 Å². The summed E-state index contributed by atoms with van der Waals surface area (Å²) < 4.78 is 16.6. The van der Waals surface area contributed by atoms with E-state index < -0.39 is 11.4 Å². The predicted octanol–water partition coefficient (Wildman–Crippen LogP) is 5.13. The average molecular weight is 510 g/mol. The molecule has 2 fully saturated rings. The SMILES string of the molecule is O=C(N[C@H](c1ccccc1)C1CC1)c1c(CN2CCCC2=O)n(-c2ccccc2)c(=O)c2c(F)cccc12. The van der Waals surface area contributed by atoms with E-state index in [-0.39, 0.29) is 40.7 Å². The molecule has 4 aromatic rings. The molecule has 1 aromatic heterocycles. The van der Waals surface area contributed by atoms with Crippen molar-refractivity contribution in [1.82, 2.24) is 14.8 Å². The van der Waals surface area contributed by atoms with Gasteiger partial charge in [0.05, 0.1) is 29.2 Å². The minimum atomic E-state index is -0.683. The Hall–Kier alpha value is -4.26. The molecule has 2 amide bonds. The van der Waals surface area contributed by atoms with Crippen LogP contribution in [-0.4, -0.2) is 27.8 Å². The fourth-order valence-corrected chi connectivity index (χ4v) is 5.53. The van der Waals surface area contributed by atoms with Gasteiger partial charge in [-0.1, -0.05) is 60.7 Å². The van der Waals surface area contributed by atoms with Crippen LogP contribution in [0.25, 0.3) is 16.5 Å². The Morgan fingerprint density at radius 1 is 0.947 bits per heavy atom. The van der Waals surface area contributed by atoms with Gasteiger partial charge in [-0.25, -0.2) is 4.39 Å². The minimum Gasteiger partial charge on any atom is -0.345 e. The highest BCUT2D eigenvalue weighted by Crippen LogP contribution is 2.41. The maximum Gasteiger partial charge on any atom is 0.266 e. The number of para-hydroxylation sites is 1. The lowest BCUT2D eigenvalue weighted by molar-refractivity contribution is -0.128. The van der Waals surface area contributed by atoms with E-state index in [0.717, 1.165) is 24.8 Å². The summed E-state index contributed by atoms with van der Waals surface area (Å²) in [4.78, 5) is 42.4. The van der Waals surface area contributed by atoms with Crippen molar-refractivity contribution in [3.8, 4) is 5.69 Å². The van der Waals surface area contributed by atoms with Gasteiger partial charge in [-0.05, 0) is 48.9 Å². The van der Waals surface area contributed by atoms with Crippen molar-refractivity contribution in [2.24, 2.45) is 5.92 Å². The Labute approximate surface area is 219 Å². The summed E-state index contributed by atoms with van der Waals surface area (Å²) in [5.74, 6) is -0.777. The minimum absolute atomic E-state index is 0.0251. The van der Waals surface area contributed by atoms with Crippen molar-refractivity contribution in [1.29, 1.82) is 0 Å². The maximum absolute atomic E-state index is 15.2. The van der Waals surface area contributed by atoms with E-state index in [2.05, 4.69) is 5.32 Å². The molecule has 1 N–H and O–H groups in total. The number of carbonyl (C=O) groups is 2. The molecule has 192 valence electrons. The highest BCUT2D eigenvalue weighted by atomic mass is 19.1. The second-order valence-electron chi connectivity index (χ2n) is 10.1. The topological polar surface area (TPSA) is 71.4 Å². The van der Waals surface area contributed by atoms with Crippen LogP contribution in [-0.2, 0) is 11.3 Å². The predicted molar refractivity (Wildman–Crippen MR) is 144 cm³/mol. The molecule has 7 heteroatoms. The first-order chi connectivity index (χ1) is 18.5. The molecule has 1 saturated heterocycles. The van der Waals surface area contributed by atoms with Crippen LogP contribution in [0.3, 0.4) is 0 Å². The lowest BCUT2D eigenvalue weighted by Crippen LogP contribution is -2.36. The third kappa shape index (κ3) is 4.38. The fourth-order valence-electron chi connectivity index (χ4n) is 5.53. The molecule has 2 aliphatic rings. The van der Waals surface area contributed by atoms with Crippen molar-refractivity contribution in [2.75, 3.05) is 6.54 Å². The highest BCUT2D eigenvalue weighted by Gasteiger charge is 2.35. The molecule has 0 radical (unpaired) electrons. The van der Waals surface area contributed by atoms with Gasteiger partial charge in [0, 0.05) is 24.0 Å². The first-order valence-corrected chi connectivity index (χ1v) is 13.1. The van der Waals surface area contributed by atoms with Crippen LogP contribution < -0.4 is 10.9 Å². The molecule has 1 aliphatic heterocycles. The van der Waals surface area contributed by atoms with E-state index in [9.17, 15) is 14.4 Å². The van der Waals surface area contributed by atoms with Crippen molar-refractivity contribution in [3.63, 3.8) is 0 Å². The van der Waals surface area contributed by atoms with E-state index in [1.54, 1.807) is 35.2 Å². The number of benzene rings is 3. The smallest absolute Gasteiger partial charge is 0.266 e. The zero-order valence-electron chi connectivity index (χ0n) is 20.9. The van der Waals surface area contributed by atoms with Gasteiger partial charge in [-0.15, -0.1) is 0 Å². The van der Waals surface area contributed by atoms with Gasteiger partial charge in [0.2, 0.25) is 5.91 Å². The lowest BCUT2D eigenvalue weighted by Gasteiger charge is -2.25. The number of rotatable bonds is 7. The summed E-state index contributed by atoms with van der Waals surface area (Å²) in [5, 5.41) is 3.33. The number of fused-ring (bicyclic) bond motifs is 1. The second-order valence-corrected chi connectivity index (χ2v) is 10.1. The van der Waals surface area contributed by atoms with Gasteiger partial charge in [0.1, 0.15) is 5.82 Å². The first-order valence-electron chi connectivity index (χ1n) is 13.1. The molecule has 3 aromatic carbocycles. The number of pyridine rings is 1. The number of hydrogen-bond acceptors (Lipinski definition) is 3. The van der Waals surface area contributed by atoms with Crippen molar-refractivity contribution < 1.29 is 14.0 Å². The van der Waals surface area contributed by atoms with E-state index >= 15 is 4.39 Å². The van der Waals surface area contributed by atoms with Gasteiger partial charge < -0.3 is 10.2 Å². The van der Waals surface area contributed by atoms with Crippen LogP contribution in [0.15, 0.2) is 83.7 Å².